The van der Waals surface area contributed by atoms with Gasteiger partial charge in [0.15, 0.2) is 0 Å². The minimum absolute atomic E-state index is 0.213. The highest BCUT2D eigenvalue weighted by molar-refractivity contribution is 7.80. The van der Waals surface area contributed by atoms with E-state index in [1.165, 1.54) is 0 Å². The van der Waals surface area contributed by atoms with Crippen LogP contribution in [0.15, 0.2) is 24.3 Å². The maximum atomic E-state index is 9.99. The minimum Gasteiger partial charge on any atom is -0.491 e. The lowest BCUT2D eigenvalue weighted by Gasteiger charge is -2.21. The van der Waals surface area contributed by atoms with Crippen molar-refractivity contribution in [3.63, 3.8) is 0 Å². The third-order valence-electron chi connectivity index (χ3n) is 3.58. The second kappa shape index (κ2) is 6.70. The van der Waals surface area contributed by atoms with E-state index in [1.807, 2.05) is 11.8 Å². The lowest BCUT2D eigenvalue weighted by Crippen LogP contribution is -2.37. The first kappa shape index (κ1) is 16.2. The van der Waals surface area contributed by atoms with E-state index in [0.717, 1.165) is 18.5 Å². The zero-order valence-corrected chi connectivity index (χ0v) is 13.0. The number of ether oxygens (including phenoxy) is 1. The molecule has 0 saturated carbocycles. The first-order valence-electron chi connectivity index (χ1n) is 7.01. The van der Waals surface area contributed by atoms with Gasteiger partial charge >= 0.3 is 0 Å². The van der Waals surface area contributed by atoms with Crippen molar-refractivity contribution in [2.75, 3.05) is 26.2 Å². The molecule has 1 aromatic carbocycles. The Morgan fingerprint density at radius 3 is 2.67 bits per heavy atom. The number of nitrogens with zero attached hydrogens (tertiary/aromatic N) is 1. The summed E-state index contributed by atoms with van der Waals surface area (Å²) in [5.41, 5.74) is 5.67. The lowest BCUT2D eigenvalue weighted by molar-refractivity contribution is 0.0467. The Bertz CT molecular complexity index is 490. The van der Waals surface area contributed by atoms with Crippen molar-refractivity contribution in [1.82, 2.24) is 4.90 Å². The fourth-order valence-electron chi connectivity index (χ4n) is 2.45. The molecule has 0 bridgehead atoms. The number of hydrogen-bond acceptors (Lipinski definition) is 5. The summed E-state index contributed by atoms with van der Waals surface area (Å²) in [5.74, 6) is 0.669. The van der Waals surface area contributed by atoms with Gasteiger partial charge in [-0.2, -0.15) is 0 Å². The number of rotatable bonds is 6. The van der Waals surface area contributed by atoms with Gasteiger partial charge in [0.05, 0.1) is 5.60 Å². The molecule has 6 heteroatoms. The van der Waals surface area contributed by atoms with Crippen LogP contribution >= 0.6 is 12.2 Å². The number of likely N-dealkylation sites (tertiary alicyclic amines) is 1. The molecule has 2 rings (SSSR count). The molecule has 1 fully saturated rings. The smallest absolute Gasteiger partial charge is 0.119 e. The zero-order chi connectivity index (χ0) is 15.5. The Morgan fingerprint density at radius 2 is 2.14 bits per heavy atom. The molecule has 0 aliphatic carbocycles. The van der Waals surface area contributed by atoms with Crippen molar-refractivity contribution in [3.05, 3.63) is 29.8 Å². The molecule has 2 atom stereocenters. The second-order valence-electron chi connectivity index (χ2n) is 5.84. The van der Waals surface area contributed by atoms with Crippen molar-refractivity contribution in [2.24, 2.45) is 5.73 Å². The highest BCUT2D eigenvalue weighted by Gasteiger charge is 2.31. The van der Waals surface area contributed by atoms with Gasteiger partial charge in [0.25, 0.3) is 0 Å². The van der Waals surface area contributed by atoms with Crippen LogP contribution in [0.25, 0.3) is 0 Å². The molecule has 1 saturated heterocycles. The number of aliphatic hydroxyl groups is 2. The quantitative estimate of drug-likeness (QED) is 0.665. The van der Waals surface area contributed by atoms with E-state index in [9.17, 15) is 10.2 Å². The Kier molecular flexibility index (Phi) is 5.16. The average Bonchev–Trinajstić information content (AvgIpc) is 2.76. The minimum atomic E-state index is -0.642. The van der Waals surface area contributed by atoms with Gasteiger partial charge < -0.3 is 20.7 Å². The number of β-amino-alcohol motifs (C(OH)–C–C–N with tert-alkyl or cyclic N) is 2. The van der Waals surface area contributed by atoms with E-state index in [0.29, 0.717) is 23.8 Å². The number of nitrogens with two attached hydrogens (primary N) is 1. The molecule has 4 N–H and O–H groups in total. The lowest BCUT2D eigenvalue weighted by atomic mass is 10.1. The van der Waals surface area contributed by atoms with Crippen molar-refractivity contribution in [1.29, 1.82) is 0 Å². The number of hydrogen-bond donors (Lipinski definition) is 3. The van der Waals surface area contributed by atoms with Gasteiger partial charge in [0, 0.05) is 25.2 Å². The topological polar surface area (TPSA) is 79.0 Å². The molecule has 116 valence electrons. The maximum absolute atomic E-state index is 9.99. The van der Waals surface area contributed by atoms with Crippen molar-refractivity contribution < 1.29 is 14.9 Å². The number of aliphatic hydroxyl groups excluding tert-OH is 1. The predicted octanol–water partition coefficient (Wildman–Crippen LogP) is 0.517. The molecule has 1 aliphatic heterocycles. The summed E-state index contributed by atoms with van der Waals surface area (Å²) in [6, 6.07) is 7.15. The summed E-state index contributed by atoms with van der Waals surface area (Å²) in [7, 11) is 0. The van der Waals surface area contributed by atoms with Gasteiger partial charge in [0.1, 0.15) is 23.4 Å². The van der Waals surface area contributed by atoms with Crippen LogP contribution in [-0.2, 0) is 0 Å². The van der Waals surface area contributed by atoms with E-state index in [-0.39, 0.29) is 6.61 Å². The van der Waals surface area contributed by atoms with Gasteiger partial charge in [-0.3, -0.25) is 4.90 Å². The highest BCUT2D eigenvalue weighted by atomic mass is 32.1. The summed E-state index contributed by atoms with van der Waals surface area (Å²) in [6.45, 7) is 3.92. The Balaban J connectivity index is 1.76. The number of thiocarbonyl (C=S) groups is 1. The average molecular weight is 310 g/mol. The summed E-state index contributed by atoms with van der Waals surface area (Å²) in [5, 5.41) is 19.9. The molecule has 1 aromatic rings. The molecule has 0 radical (unpaired) electrons. The third kappa shape index (κ3) is 4.93. The van der Waals surface area contributed by atoms with Crippen molar-refractivity contribution >= 4 is 17.2 Å². The molecule has 1 aliphatic rings. The summed E-state index contributed by atoms with van der Waals surface area (Å²) in [6.07, 6.45) is 0.148. The molecule has 5 nitrogen and oxygen atoms in total. The fourth-order valence-corrected chi connectivity index (χ4v) is 2.59. The predicted molar refractivity (Wildman–Crippen MR) is 85.5 cm³/mol. The van der Waals surface area contributed by atoms with Crippen LogP contribution in [-0.4, -0.2) is 58.0 Å². The molecule has 0 aromatic heterocycles. The summed E-state index contributed by atoms with van der Waals surface area (Å²) >= 11 is 4.88. The van der Waals surface area contributed by atoms with Crippen LogP contribution < -0.4 is 10.5 Å². The van der Waals surface area contributed by atoms with Crippen LogP contribution in [0.4, 0.5) is 0 Å². The van der Waals surface area contributed by atoms with Crippen LogP contribution in [0.1, 0.15) is 18.9 Å². The molecular formula is C15H22N2O3S. The van der Waals surface area contributed by atoms with Crippen LogP contribution in [0.5, 0.6) is 5.75 Å². The van der Waals surface area contributed by atoms with E-state index in [2.05, 4.69) is 0 Å². The maximum Gasteiger partial charge on any atom is 0.119 e. The summed E-state index contributed by atoms with van der Waals surface area (Å²) in [4.78, 5) is 2.40. The van der Waals surface area contributed by atoms with E-state index >= 15 is 0 Å². The van der Waals surface area contributed by atoms with Crippen LogP contribution in [0, 0.1) is 0 Å². The third-order valence-corrected chi connectivity index (χ3v) is 3.82. The molecule has 2 unspecified atom stereocenters. The second-order valence-corrected chi connectivity index (χ2v) is 6.28. The highest BCUT2D eigenvalue weighted by Crippen LogP contribution is 2.20. The van der Waals surface area contributed by atoms with E-state index in [4.69, 9.17) is 22.7 Å². The van der Waals surface area contributed by atoms with Gasteiger partial charge in [-0.05, 0) is 37.6 Å². The fraction of sp³-hybridized carbons (Fsp3) is 0.533. The molecule has 0 spiro atoms. The first-order valence-corrected chi connectivity index (χ1v) is 7.42. The Labute approximate surface area is 130 Å². The van der Waals surface area contributed by atoms with Crippen molar-refractivity contribution in [2.45, 2.75) is 25.0 Å². The van der Waals surface area contributed by atoms with Crippen molar-refractivity contribution in [3.8, 4) is 5.75 Å². The Hall–Kier alpha value is -1.21. The SMILES string of the molecule is CC1(O)CCN(CC(O)COc2ccc(C(N)=S)cc2)C1. The van der Waals surface area contributed by atoms with Gasteiger partial charge in [-0.15, -0.1) is 0 Å². The van der Waals surface area contributed by atoms with Crippen LogP contribution in [0.3, 0.4) is 0 Å². The summed E-state index contributed by atoms with van der Waals surface area (Å²) < 4.78 is 5.54. The molecule has 1 heterocycles. The first-order chi connectivity index (χ1) is 9.85. The van der Waals surface area contributed by atoms with Gasteiger partial charge in [0.2, 0.25) is 0 Å². The van der Waals surface area contributed by atoms with E-state index < -0.39 is 11.7 Å². The monoisotopic (exact) mass is 310 g/mol. The van der Waals surface area contributed by atoms with Gasteiger partial charge in [-0.1, -0.05) is 12.2 Å². The zero-order valence-electron chi connectivity index (χ0n) is 12.2. The van der Waals surface area contributed by atoms with Crippen LogP contribution in [0.2, 0.25) is 0 Å². The standard InChI is InChI=1S/C15H22N2O3S/c1-15(19)6-7-17(10-15)8-12(18)9-20-13-4-2-11(3-5-13)14(16)21/h2-5,12,18-19H,6-10H2,1H3,(H2,16,21). The number of benzene rings is 1. The Morgan fingerprint density at radius 1 is 1.48 bits per heavy atom. The normalized spacial score (nSPS) is 24.0. The van der Waals surface area contributed by atoms with E-state index in [1.54, 1.807) is 24.3 Å². The molecule has 0 amide bonds. The molecular weight excluding hydrogens is 288 g/mol. The largest absolute Gasteiger partial charge is 0.491 e. The van der Waals surface area contributed by atoms with Gasteiger partial charge in [-0.25, -0.2) is 0 Å². The molecule has 21 heavy (non-hydrogen) atoms.